The van der Waals surface area contributed by atoms with Crippen LogP contribution in [0.1, 0.15) is 52.1 Å². The lowest BCUT2D eigenvalue weighted by Gasteiger charge is -2.46. The molecule has 3 heterocycles. The molecule has 3 aliphatic rings. The molecular formula is C23H22F2N2O5. The SMILES string of the molecule is O=C(CCc1ccc(F)cc1F)c1cn2c(c(O)c1=O)C(=O)N1[C@@H](C2)OC[C@@H]2CCC[C@@H]21. The quantitative estimate of drug-likeness (QED) is 0.733. The summed E-state index contributed by atoms with van der Waals surface area (Å²) in [5.74, 6) is -3.06. The fourth-order valence-electron chi connectivity index (χ4n) is 5.14. The Morgan fingerprint density at radius 2 is 2.03 bits per heavy atom. The zero-order valence-electron chi connectivity index (χ0n) is 17.2. The zero-order chi connectivity index (χ0) is 22.6. The minimum absolute atomic E-state index is 0.0245. The van der Waals surface area contributed by atoms with Gasteiger partial charge in [-0.3, -0.25) is 14.4 Å². The van der Waals surface area contributed by atoms with Crippen LogP contribution < -0.4 is 5.43 Å². The van der Waals surface area contributed by atoms with Crippen molar-refractivity contribution in [2.75, 3.05) is 6.61 Å². The number of aryl methyl sites for hydroxylation is 1. The number of aromatic nitrogens is 1. The lowest BCUT2D eigenvalue weighted by molar-refractivity contribution is -0.134. The number of aromatic hydroxyl groups is 1. The summed E-state index contributed by atoms with van der Waals surface area (Å²) in [4.78, 5) is 40.3. The van der Waals surface area contributed by atoms with Gasteiger partial charge in [0.2, 0.25) is 5.43 Å². The Labute approximate surface area is 182 Å². The third-order valence-corrected chi connectivity index (χ3v) is 6.77. The van der Waals surface area contributed by atoms with E-state index in [0.29, 0.717) is 6.61 Å². The number of Topliss-reactive ketones (excluding diaryl/α,β-unsaturated/α-hetero) is 1. The Morgan fingerprint density at radius 3 is 2.81 bits per heavy atom. The van der Waals surface area contributed by atoms with Crippen molar-refractivity contribution in [2.45, 2.75) is 50.9 Å². The number of ether oxygens (including phenoxy) is 1. The Hall–Kier alpha value is -3.07. The van der Waals surface area contributed by atoms with E-state index in [2.05, 4.69) is 0 Å². The average Bonchev–Trinajstić information content (AvgIpc) is 3.24. The highest BCUT2D eigenvalue weighted by atomic mass is 19.1. The average molecular weight is 444 g/mol. The van der Waals surface area contributed by atoms with Crippen molar-refractivity contribution in [1.82, 2.24) is 9.47 Å². The Balaban J connectivity index is 1.43. The molecule has 1 saturated heterocycles. The number of hydrogen-bond acceptors (Lipinski definition) is 5. The number of benzene rings is 1. The Kier molecular flexibility index (Phi) is 5.08. The van der Waals surface area contributed by atoms with Gasteiger partial charge in [0, 0.05) is 30.6 Å². The lowest BCUT2D eigenvalue weighted by atomic mass is 9.98. The number of hydrogen-bond donors (Lipinski definition) is 1. The van der Waals surface area contributed by atoms with Gasteiger partial charge in [-0.2, -0.15) is 0 Å². The van der Waals surface area contributed by atoms with E-state index in [4.69, 9.17) is 4.74 Å². The van der Waals surface area contributed by atoms with Crippen molar-refractivity contribution in [2.24, 2.45) is 5.92 Å². The van der Waals surface area contributed by atoms with Crippen LogP contribution in [0, 0.1) is 17.6 Å². The molecule has 5 rings (SSSR count). The largest absolute Gasteiger partial charge is 0.503 e. The van der Waals surface area contributed by atoms with E-state index in [1.54, 1.807) is 4.90 Å². The molecule has 2 aliphatic heterocycles. The minimum Gasteiger partial charge on any atom is -0.503 e. The summed E-state index contributed by atoms with van der Waals surface area (Å²) in [6, 6.07) is 3.10. The number of ketones is 1. The summed E-state index contributed by atoms with van der Waals surface area (Å²) >= 11 is 0. The van der Waals surface area contributed by atoms with Gasteiger partial charge in [0.1, 0.15) is 11.6 Å². The second-order valence-corrected chi connectivity index (χ2v) is 8.64. The number of halogens is 2. The molecule has 168 valence electrons. The second kappa shape index (κ2) is 7.81. The van der Waals surface area contributed by atoms with Crippen LogP contribution in [-0.2, 0) is 17.7 Å². The predicted octanol–water partition coefficient (Wildman–Crippen LogP) is 2.63. The van der Waals surface area contributed by atoms with Gasteiger partial charge < -0.3 is 19.3 Å². The van der Waals surface area contributed by atoms with Crippen LogP contribution in [0.4, 0.5) is 8.78 Å². The van der Waals surface area contributed by atoms with Crippen molar-refractivity contribution in [3.63, 3.8) is 0 Å². The number of carbonyl (C=O) groups excluding carboxylic acids is 2. The Morgan fingerprint density at radius 1 is 1.22 bits per heavy atom. The fourth-order valence-corrected chi connectivity index (χ4v) is 5.14. The van der Waals surface area contributed by atoms with E-state index in [0.717, 1.165) is 31.4 Å². The van der Waals surface area contributed by atoms with Crippen molar-refractivity contribution in [3.8, 4) is 5.75 Å². The van der Waals surface area contributed by atoms with Gasteiger partial charge in [-0.1, -0.05) is 12.5 Å². The molecule has 0 radical (unpaired) electrons. The fraction of sp³-hybridized carbons (Fsp3) is 0.435. The molecule has 2 aromatic rings. The highest BCUT2D eigenvalue weighted by molar-refractivity contribution is 6.00. The summed E-state index contributed by atoms with van der Waals surface area (Å²) in [6.45, 7) is 0.751. The predicted molar refractivity (Wildman–Crippen MR) is 108 cm³/mol. The first-order valence-electron chi connectivity index (χ1n) is 10.7. The highest BCUT2D eigenvalue weighted by Gasteiger charge is 2.47. The van der Waals surface area contributed by atoms with Gasteiger partial charge in [-0.05, 0) is 30.9 Å². The number of carbonyl (C=O) groups is 2. The molecule has 32 heavy (non-hydrogen) atoms. The van der Waals surface area contributed by atoms with Gasteiger partial charge >= 0.3 is 0 Å². The summed E-state index contributed by atoms with van der Waals surface area (Å²) < 4.78 is 34.2. The standard InChI is InChI=1S/C23H22F2N2O5/c24-14-6-4-12(16(25)8-14)5-7-18(28)15-9-26-10-19-27(17-3-1-2-13(17)11-32-19)23(31)20(26)22(30)21(15)29/h4,6,8-9,13,17,19,30H,1-3,5,7,10-11H2/t13-,17-,19+/m0/s1. The van der Waals surface area contributed by atoms with E-state index in [1.807, 2.05) is 0 Å². The maximum atomic E-state index is 13.9. The van der Waals surface area contributed by atoms with Crippen LogP contribution >= 0.6 is 0 Å². The first-order valence-corrected chi connectivity index (χ1v) is 10.7. The van der Waals surface area contributed by atoms with Gasteiger partial charge in [-0.25, -0.2) is 8.78 Å². The van der Waals surface area contributed by atoms with Gasteiger partial charge in [0.05, 0.1) is 18.7 Å². The van der Waals surface area contributed by atoms with Crippen molar-refractivity contribution < 1.29 is 28.2 Å². The molecule has 2 fully saturated rings. The van der Waals surface area contributed by atoms with Crippen LogP contribution in [0.2, 0.25) is 0 Å². The van der Waals surface area contributed by atoms with E-state index in [1.165, 1.54) is 16.8 Å². The maximum absolute atomic E-state index is 13.9. The molecule has 7 nitrogen and oxygen atoms in total. The van der Waals surface area contributed by atoms with Crippen LogP contribution in [0.15, 0.2) is 29.2 Å². The van der Waals surface area contributed by atoms with Crippen LogP contribution in [0.3, 0.4) is 0 Å². The molecule has 1 aromatic carbocycles. The van der Waals surface area contributed by atoms with E-state index in [-0.39, 0.29) is 48.2 Å². The number of rotatable bonds is 4. The Bertz CT molecular complexity index is 1180. The van der Waals surface area contributed by atoms with Crippen molar-refractivity contribution in [1.29, 1.82) is 0 Å². The van der Waals surface area contributed by atoms with E-state index < -0.39 is 40.7 Å². The smallest absolute Gasteiger partial charge is 0.276 e. The van der Waals surface area contributed by atoms with Crippen molar-refractivity contribution >= 4 is 11.7 Å². The first kappa shape index (κ1) is 20.8. The molecular weight excluding hydrogens is 422 g/mol. The molecule has 1 aliphatic carbocycles. The third-order valence-electron chi connectivity index (χ3n) is 6.77. The van der Waals surface area contributed by atoms with Gasteiger partial charge in [-0.15, -0.1) is 0 Å². The van der Waals surface area contributed by atoms with E-state index >= 15 is 0 Å². The van der Waals surface area contributed by atoms with Gasteiger partial charge in [0.15, 0.2) is 23.5 Å². The molecule has 9 heteroatoms. The maximum Gasteiger partial charge on any atom is 0.276 e. The number of pyridine rings is 1. The zero-order valence-corrected chi connectivity index (χ0v) is 17.2. The summed E-state index contributed by atoms with van der Waals surface area (Å²) in [6.07, 6.45) is 3.34. The van der Waals surface area contributed by atoms with Crippen LogP contribution in [-0.4, -0.2) is 45.1 Å². The van der Waals surface area contributed by atoms with Gasteiger partial charge in [0.25, 0.3) is 5.91 Å². The summed E-state index contributed by atoms with van der Waals surface area (Å²) in [5, 5.41) is 10.6. The normalized spacial score (nSPS) is 24.1. The lowest BCUT2D eigenvalue weighted by Crippen LogP contribution is -2.59. The summed E-state index contributed by atoms with van der Waals surface area (Å²) in [7, 11) is 0. The summed E-state index contributed by atoms with van der Waals surface area (Å²) in [5.41, 5.74) is -1.18. The highest BCUT2D eigenvalue weighted by Crippen LogP contribution is 2.39. The molecule has 1 amide bonds. The molecule has 1 N–H and O–H groups in total. The molecule has 0 bridgehead atoms. The molecule has 1 saturated carbocycles. The topological polar surface area (TPSA) is 88.8 Å². The molecule has 3 atom stereocenters. The minimum atomic E-state index is -0.923. The van der Waals surface area contributed by atoms with E-state index in [9.17, 15) is 28.3 Å². The molecule has 1 aromatic heterocycles. The van der Waals surface area contributed by atoms with Crippen LogP contribution in [0.25, 0.3) is 0 Å². The monoisotopic (exact) mass is 444 g/mol. The number of fused-ring (bicyclic) bond motifs is 4. The molecule has 0 spiro atoms. The van der Waals surface area contributed by atoms with Crippen molar-refractivity contribution in [3.05, 3.63) is 63.1 Å². The third kappa shape index (κ3) is 3.31. The number of nitrogens with zero attached hydrogens (tertiary/aromatic N) is 2. The first-order chi connectivity index (χ1) is 15.3. The molecule has 0 unspecified atom stereocenters. The number of amides is 1. The second-order valence-electron chi connectivity index (χ2n) is 8.64. The van der Waals surface area contributed by atoms with Crippen LogP contribution in [0.5, 0.6) is 5.75 Å².